The van der Waals surface area contributed by atoms with Gasteiger partial charge >= 0.3 is 5.97 Å². The first-order valence-corrected chi connectivity index (χ1v) is 6.83. The van der Waals surface area contributed by atoms with Gasteiger partial charge in [0.15, 0.2) is 0 Å². The molecule has 3 aromatic rings. The summed E-state index contributed by atoms with van der Waals surface area (Å²) in [5, 5.41) is 12.5. The highest BCUT2D eigenvalue weighted by Gasteiger charge is 2.22. The van der Waals surface area contributed by atoms with Crippen LogP contribution in [0.1, 0.15) is 15.4 Å². The number of rotatable bonds is 2. The number of thiophene rings is 1. The van der Waals surface area contributed by atoms with Crippen molar-refractivity contribution in [2.75, 3.05) is 0 Å². The normalized spacial score (nSPS) is 11.1. The average molecular weight is 293 g/mol. The van der Waals surface area contributed by atoms with Gasteiger partial charge in [-0.25, -0.2) is 4.79 Å². The maximum Gasteiger partial charge on any atom is 0.372 e. The van der Waals surface area contributed by atoms with E-state index in [0.717, 1.165) is 15.8 Å². The Morgan fingerprint density at radius 3 is 2.79 bits per heavy atom. The van der Waals surface area contributed by atoms with E-state index in [0.29, 0.717) is 16.2 Å². The lowest BCUT2D eigenvalue weighted by Crippen LogP contribution is -1.96. The number of halogens is 1. The molecule has 0 aliphatic carbocycles. The summed E-state index contributed by atoms with van der Waals surface area (Å²) in [5.41, 5.74) is 2.01. The van der Waals surface area contributed by atoms with Gasteiger partial charge in [-0.2, -0.15) is 0 Å². The van der Waals surface area contributed by atoms with Crippen LogP contribution >= 0.6 is 22.9 Å². The van der Waals surface area contributed by atoms with Crippen LogP contribution in [0.5, 0.6) is 0 Å². The Balaban J connectivity index is 2.43. The zero-order chi connectivity index (χ0) is 13.6. The lowest BCUT2D eigenvalue weighted by molar-refractivity contribution is 0.0666. The smallest absolute Gasteiger partial charge is 0.372 e. The third-order valence-corrected chi connectivity index (χ3v) is 4.05. The first kappa shape index (κ1) is 12.3. The van der Waals surface area contributed by atoms with Crippen molar-refractivity contribution in [3.05, 3.63) is 45.3 Å². The highest BCUT2D eigenvalue weighted by Crippen LogP contribution is 2.39. The predicted molar refractivity (Wildman–Crippen MR) is 76.2 cm³/mol. The van der Waals surface area contributed by atoms with E-state index in [1.54, 1.807) is 29.5 Å². The van der Waals surface area contributed by atoms with E-state index in [1.165, 1.54) is 0 Å². The van der Waals surface area contributed by atoms with Crippen molar-refractivity contribution in [3.8, 4) is 11.1 Å². The molecule has 96 valence electrons. The molecule has 2 aromatic heterocycles. The summed E-state index contributed by atoms with van der Waals surface area (Å²) in [6.45, 7) is 1.95. The number of hydrogen-bond acceptors (Lipinski definition) is 3. The van der Waals surface area contributed by atoms with Gasteiger partial charge in [0.25, 0.3) is 0 Å². The third-order valence-electron chi connectivity index (χ3n) is 2.97. The van der Waals surface area contributed by atoms with Crippen LogP contribution in [0.4, 0.5) is 0 Å². The quantitative estimate of drug-likeness (QED) is 0.736. The molecule has 0 spiro atoms. The van der Waals surface area contributed by atoms with Gasteiger partial charge in [-0.3, -0.25) is 0 Å². The van der Waals surface area contributed by atoms with Gasteiger partial charge in [0.05, 0.1) is 0 Å². The van der Waals surface area contributed by atoms with E-state index in [9.17, 15) is 9.90 Å². The highest BCUT2D eigenvalue weighted by atomic mass is 35.5. The van der Waals surface area contributed by atoms with E-state index in [-0.39, 0.29) is 5.76 Å². The second-order valence-corrected chi connectivity index (χ2v) is 5.70. The molecule has 3 rings (SSSR count). The molecule has 19 heavy (non-hydrogen) atoms. The summed E-state index contributed by atoms with van der Waals surface area (Å²) in [5.74, 6) is -1.12. The second kappa shape index (κ2) is 4.40. The van der Waals surface area contributed by atoms with Crippen LogP contribution in [0.2, 0.25) is 5.02 Å². The monoisotopic (exact) mass is 292 g/mol. The van der Waals surface area contributed by atoms with Gasteiger partial charge in [-0.05, 0) is 36.6 Å². The average Bonchev–Trinajstić information content (AvgIpc) is 2.92. The first-order valence-electron chi connectivity index (χ1n) is 5.57. The lowest BCUT2D eigenvalue weighted by atomic mass is 10.0. The van der Waals surface area contributed by atoms with Crippen LogP contribution < -0.4 is 0 Å². The summed E-state index contributed by atoms with van der Waals surface area (Å²) in [7, 11) is 0. The van der Waals surface area contributed by atoms with Crippen LogP contribution in [-0.2, 0) is 0 Å². The molecule has 0 fully saturated rings. The summed E-state index contributed by atoms with van der Waals surface area (Å²) in [6, 6.07) is 7.01. The summed E-state index contributed by atoms with van der Waals surface area (Å²) in [4.78, 5) is 12.4. The number of aryl methyl sites for hydroxylation is 1. The second-order valence-electron chi connectivity index (χ2n) is 4.14. The number of carbonyl (C=O) groups is 1. The summed E-state index contributed by atoms with van der Waals surface area (Å²) >= 11 is 7.56. The molecule has 3 nitrogen and oxygen atoms in total. The van der Waals surface area contributed by atoms with Gasteiger partial charge < -0.3 is 9.52 Å². The molecule has 0 saturated carbocycles. The zero-order valence-corrected chi connectivity index (χ0v) is 11.5. The fourth-order valence-electron chi connectivity index (χ4n) is 2.13. The Labute approximate surface area is 118 Å². The molecule has 1 aromatic carbocycles. The minimum atomic E-state index is -1.08. The van der Waals surface area contributed by atoms with Crippen molar-refractivity contribution in [1.29, 1.82) is 0 Å². The number of carboxylic acid groups (broad SMARTS) is 1. The summed E-state index contributed by atoms with van der Waals surface area (Å²) < 4.78 is 5.44. The maximum atomic E-state index is 11.4. The van der Waals surface area contributed by atoms with E-state index in [2.05, 4.69) is 0 Å². The van der Waals surface area contributed by atoms with E-state index in [1.807, 2.05) is 18.4 Å². The van der Waals surface area contributed by atoms with Crippen LogP contribution in [0.3, 0.4) is 0 Å². The largest absolute Gasteiger partial charge is 0.475 e. The Kier molecular flexibility index (Phi) is 2.84. The van der Waals surface area contributed by atoms with Crippen LogP contribution in [0, 0.1) is 6.92 Å². The number of carboxylic acids is 1. The number of benzene rings is 1. The Morgan fingerprint density at radius 1 is 1.37 bits per heavy atom. The zero-order valence-electron chi connectivity index (χ0n) is 9.94. The number of hydrogen-bond donors (Lipinski definition) is 1. The fourth-order valence-corrected chi connectivity index (χ4v) is 3.01. The SMILES string of the molecule is Cc1sccc1-c1c(C(=O)O)oc2ccc(Cl)cc12. The maximum absolute atomic E-state index is 11.4. The molecule has 0 saturated heterocycles. The molecular weight excluding hydrogens is 284 g/mol. The molecule has 0 radical (unpaired) electrons. The molecule has 0 aliphatic heterocycles. The lowest BCUT2D eigenvalue weighted by Gasteiger charge is -1.99. The van der Waals surface area contributed by atoms with Crippen LogP contribution in [0.25, 0.3) is 22.1 Å². The number of aromatic carboxylic acids is 1. The van der Waals surface area contributed by atoms with Gasteiger partial charge in [0, 0.05) is 26.4 Å². The van der Waals surface area contributed by atoms with Crippen molar-refractivity contribution >= 4 is 39.9 Å². The topological polar surface area (TPSA) is 50.4 Å². The van der Waals surface area contributed by atoms with Gasteiger partial charge in [0.2, 0.25) is 5.76 Å². The molecule has 1 N–H and O–H groups in total. The highest BCUT2D eigenvalue weighted by molar-refractivity contribution is 7.10. The van der Waals surface area contributed by atoms with Crippen LogP contribution in [-0.4, -0.2) is 11.1 Å². The van der Waals surface area contributed by atoms with E-state index >= 15 is 0 Å². The first-order chi connectivity index (χ1) is 9.08. The molecule has 0 aliphatic rings. The molecular formula is C14H9ClO3S. The molecule has 0 atom stereocenters. The number of furan rings is 1. The van der Waals surface area contributed by atoms with Crippen molar-refractivity contribution in [2.24, 2.45) is 0 Å². The third kappa shape index (κ3) is 1.93. The minimum absolute atomic E-state index is 0.0428. The molecule has 0 bridgehead atoms. The fraction of sp³-hybridized carbons (Fsp3) is 0.0714. The Morgan fingerprint density at radius 2 is 2.16 bits per heavy atom. The van der Waals surface area contributed by atoms with Crippen LogP contribution in [0.15, 0.2) is 34.1 Å². The van der Waals surface area contributed by atoms with Gasteiger partial charge in [-0.1, -0.05) is 11.6 Å². The summed E-state index contributed by atoms with van der Waals surface area (Å²) in [6.07, 6.45) is 0. The van der Waals surface area contributed by atoms with Crippen molar-refractivity contribution in [3.63, 3.8) is 0 Å². The molecule has 0 amide bonds. The Bertz CT molecular complexity index is 785. The van der Waals surface area contributed by atoms with Gasteiger partial charge in [0.1, 0.15) is 5.58 Å². The van der Waals surface area contributed by atoms with Gasteiger partial charge in [-0.15, -0.1) is 11.3 Å². The minimum Gasteiger partial charge on any atom is -0.475 e. The molecule has 5 heteroatoms. The standard InChI is InChI=1S/C14H9ClO3S/c1-7-9(4-5-19-7)12-10-6-8(15)2-3-11(10)18-13(12)14(16)17/h2-6H,1H3,(H,16,17). The van der Waals surface area contributed by atoms with Crippen molar-refractivity contribution in [2.45, 2.75) is 6.92 Å². The van der Waals surface area contributed by atoms with Crippen molar-refractivity contribution in [1.82, 2.24) is 0 Å². The Hall–Kier alpha value is -1.78. The van der Waals surface area contributed by atoms with E-state index in [4.69, 9.17) is 16.0 Å². The van der Waals surface area contributed by atoms with Crippen molar-refractivity contribution < 1.29 is 14.3 Å². The number of fused-ring (bicyclic) bond motifs is 1. The predicted octanol–water partition coefficient (Wildman–Crippen LogP) is 4.82. The van der Waals surface area contributed by atoms with E-state index < -0.39 is 5.97 Å². The molecule has 0 unspecified atom stereocenters. The molecule has 2 heterocycles.